The first-order valence-corrected chi connectivity index (χ1v) is 11.5. The summed E-state index contributed by atoms with van der Waals surface area (Å²) in [5, 5.41) is 12.7. The molecule has 4 aromatic rings. The maximum absolute atomic E-state index is 13.3. The van der Waals surface area contributed by atoms with Gasteiger partial charge in [0.05, 0.1) is 22.3 Å². The Balaban J connectivity index is 1.79. The van der Waals surface area contributed by atoms with Crippen molar-refractivity contribution in [1.29, 1.82) is 0 Å². The number of benzene rings is 2. The Kier molecular flexibility index (Phi) is 6.36. The molecule has 0 spiro atoms. The fraction of sp³-hybridized carbons (Fsp3) is 0.304. The lowest BCUT2D eigenvalue weighted by Gasteiger charge is -2.12. The van der Waals surface area contributed by atoms with Crippen molar-refractivity contribution in [2.45, 2.75) is 38.3 Å². The fourth-order valence-corrected chi connectivity index (χ4v) is 4.24. The zero-order valence-corrected chi connectivity index (χ0v) is 18.5. The van der Waals surface area contributed by atoms with Crippen molar-refractivity contribution >= 4 is 34.3 Å². The number of rotatable bonds is 8. The van der Waals surface area contributed by atoms with Gasteiger partial charge in [0, 0.05) is 6.54 Å². The molecule has 0 bridgehead atoms. The predicted molar refractivity (Wildman–Crippen MR) is 124 cm³/mol. The van der Waals surface area contributed by atoms with Crippen LogP contribution in [0, 0.1) is 0 Å². The van der Waals surface area contributed by atoms with E-state index in [0.717, 1.165) is 30.5 Å². The predicted octanol–water partition coefficient (Wildman–Crippen LogP) is 3.60. The molecule has 1 N–H and O–H groups in total. The van der Waals surface area contributed by atoms with E-state index in [-0.39, 0.29) is 17.2 Å². The average molecular weight is 436 g/mol. The lowest BCUT2D eigenvalue weighted by atomic mass is 10.1. The van der Waals surface area contributed by atoms with Crippen LogP contribution in [0.5, 0.6) is 0 Å². The highest BCUT2D eigenvalue weighted by molar-refractivity contribution is 7.99. The van der Waals surface area contributed by atoms with E-state index >= 15 is 0 Å². The minimum atomic E-state index is -0.145. The quantitative estimate of drug-likeness (QED) is 0.338. The van der Waals surface area contributed by atoms with Crippen LogP contribution in [0.15, 0.2) is 58.5 Å². The van der Waals surface area contributed by atoms with Gasteiger partial charge < -0.3 is 5.32 Å². The molecule has 4 rings (SSSR count). The van der Waals surface area contributed by atoms with Gasteiger partial charge in [0.25, 0.3) is 5.56 Å². The van der Waals surface area contributed by atoms with E-state index in [1.807, 2.05) is 46.9 Å². The maximum Gasteiger partial charge on any atom is 0.267 e. The first kappa shape index (κ1) is 21.1. The fourth-order valence-electron chi connectivity index (χ4n) is 3.47. The molecule has 8 heteroatoms. The van der Waals surface area contributed by atoms with Crippen molar-refractivity contribution in [2.75, 3.05) is 12.3 Å². The van der Waals surface area contributed by atoms with E-state index in [1.54, 1.807) is 10.6 Å². The Bertz CT molecular complexity index is 1280. The molecule has 160 valence electrons. The first-order valence-electron chi connectivity index (χ1n) is 10.5. The second-order valence-corrected chi connectivity index (χ2v) is 8.23. The summed E-state index contributed by atoms with van der Waals surface area (Å²) in [6, 6.07) is 15.3. The summed E-state index contributed by atoms with van der Waals surface area (Å²) in [5.74, 6) is 0.633. The van der Waals surface area contributed by atoms with Crippen LogP contribution in [0.25, 0.3) is 22.4 Å². The smallest absolute Gasteiger partial charge is 0.267 e. The number of para-hydroxylation sites is 1. The molecule has 31 heavy (non-hydrogen) atoms. The van der Waals surface area contributed by atoms with Gasteiger partial charge in [0.2, 0.25) is 11.7 Å². The summed E-state index contributed by atoms with van der Waals surface area (Å²) in [6.45, 7) is 4.85. The number of fused-ring (bicyclic) bond motifs is 3. The Morgan fingerprint density at radius 2 is 1.84 bits per heavy atom. The third-order valence-corrected chi connectivity index (χ3v) is 6.11. The Labute approximate surface area is 184 Å². The zero-order valence-electron chi connectivity index (χ0n) is 17.7. The molecule has 0 unspecified atom stereocenters. The number of carbonyl (C=O) groups is 1. The minimum Gasteiger partial charge on any atom is -0.355 e. The van der Waals surface area contributed by atoms with Crippen LogP contribution in [-0.2, 0) is 11.2 Å². The van der Waals surface area contributed by atoms with E-state index in [0.29, 0.717) is 22.9 Å². The number of nitrogens with one attached hydrogen (secondary N) is 1. The number of thioether (sulfide) groups is 1. The van der Waals surface area contributed by atoms with E-state index in [1.165, 1.54) is 17.3 Å². The molecule has 0 atom stereocenters. The second kappa shape index (κ2) is 9.34. The number of carbonyl (C=O) groups excluding carboxylic acids is 1. The molecule has 0 aliphatic carbocycles. The zero-order chi connectivity index (χ0) is 21.8. The van der Waals surface area contributed by atoms with Crippen LogP contribution in [-0.4, -0.2) is 37.4 Å². The van der Waals surface area contributed by atoms with E-state index in [2.05, 4.69) is 29.4 Å². The molecule has 2 aromatic heterocycles. The van der Waals surface area contributed by atoms with Crippen molar-refractivity contribution in [3.05, 3.63) is 64.4 Å². The van der Waals surface area contributed by atoms with Gasteiger partial charge in [0.15, 0.2) is 5.16 Å². The molecule has 0 aliphatic heterocycles. The molecule has 0 saturated carbocycles. The van der Waals surface area contributed by atoms with Crippen molar-refractivity contribution in [3.8, 4) is 5.69 Å². The maximum atomic E-state index is 13.3. The molecule has 0 radical (unpaired) electrons. The topological polar surface area (TPSA) is 81.3 Å². The number of aryl methyl sites for hydroxylation is 1. The summed E-state index contributed by atoms with van der Waals surface area (Å²) in [7, 11) is 0. The number of nitrogens with zero attached hydrogens (tertiary/aromatic N) is 4. The number of aromatic nitrogens is 4. The average Bonchev–Trinajstić information content (AvgIpc) is 3.22. The van der Waals surface area contributed by atoms with Crippen molar-refractivity contribution in [3.63, 3.8) is 0 Å². The monoisotopic (exact) mass is 435 g/mol. The summed E-state index contributed by atoms with van der Waals surface area (Å²) < 4.78 is 3.44. The Hall–Kier alpha value is -3.13. The van der Waals surface area contributed by atoms with E-state index < -0.39 is 0 Å². The van der Waals surface area contributed by atoms with Gasteiger partial charge in [-0.15, -0.1) is 10.2 Å². The molecule has 7 nitrogen and oxygen atoms in total. The van der Waals surface area contributed by atoms with Crippen LogP contribution in [0.4, 0.5) is 0 Å². The van der Waals surface area contributed by atoms with Crippen LogP contribution in [0.1, 0.15) is 32.3 Å². The van der Waals surface area contributed by atoms with Gasteiger partial charge in [-0.1, -0.05) is 56.3 Å². The third kappa shape index (κ3) is 4.20. The van der Waals surface area contributed by atoms with Crippen LogP contribution in [0.3, 0.4) is 0 Å². The van der Waals surface area contributed by atoms with Crippen molar-refractivity contribution in [1.82, 2.24) is 24.5 Å². The van der Waals surface area contributed by atoms with E-state index in [4.69, 9.17) is 0 Å². The number of hydrogen-bond donors (Lipinski definition) is 1. The molecular weight excluding hydrogens is 410 g/mol. The van der Waals surface area contributed by atoms with Crippen molar-refractivity contribution in [2.24, 2.45) is 0 Å². The molecule has 0 saturated heterocycles. The third-order valence-electron chi connectivity index (χ3n) is 5.18. The molecule has 2 aromatic carbocycles. The first-order chi connectivity index (χ1) is 15.1. The van der Waals surface area contributed by atoms with Gasteiger partial charge in [-0.25, -0.2) is 4.57 Å². The minimum absolute atomic E-state index is 0.0389. The lowest BCUT2D eigenvalue weighted by Crippen LogP contribution is -2.26. The summed E-state index contributed by atoms with van der Waals surface area (Å²) in [4.78, 5) is 25.5. The van der Waals surface area contributed by atoms with Gasteiger partial charge in [-0.05, 0) is 42.7 Å². The normalized spacial score (nSPS) is 11.3. The SMILES string of the molecule is CCCCNC(=O)CSc1nnc2n(-c3ccc(CC)cc3)c(=O)c3ccccc3n12. The van der Waals surface area contributed by atoms with Gasteiger partial charge in [0.1, 0.15) is 0 Å². The number of amides is 1. The summed E-state index contributed by atoms with van der Waals surface area (Å²) >= 11 is 1.32. The highest BCUT2D eigenvalue weighted by Crippen LogP contribution is 2.23. The second-order valence-electron chi connectivity index (χ2n) is 7.29. The standard InChI is InChI=1S/C23H25N5O2S/c1-3-5-14-24-20(29)15-31-23-26-25-22-27(17-12-10-16(4-2)11-13-17)21(30)18-8-6-7-9-19(18)28(22)23/h6-13H,3-5,14-15H2,1-2H3,(H,24,29). The molecule has 1 amide bonds. The summed E-state index contributed by atoms with van der Waals surface area (Å²) in [5.41, 5.74) is 2.51. The lowest BCUT2D eigenvalue weighted by molar-refractivity contribution is -0.118. The van der Waals surface area contributed by atoms with Crippen LogP contribution >= 0.6 is 11.8 Å². The van der Waals surface area contributed by atoms with Crippen LogP contribution < -0.4 is 10.9 Å². The number of hydrogen-bond acceptors (Lipinski definition) is 5. The Morgan fingerprint density at radius 3 is 2.58 bits per heavy atom. The van der Waals surface area contributed by atoms with Gasteiger partial charge >= 0.3 is 0 Å². The molecule has 0 aliphatic rings. The van der Waals surface area contributed by atoms with Gasteiger partial charge in [-0.3, -0.25) is 14.0 Å². The largest absolute Gasteiger partial charge is 0.355 e. The molecule has 0 fully saturated rings. The summed E-state index contributed by atoms with van der Waals surface area (Å²) in [6.07, 6.45) is 2.91. The highest BCUT2D eigenvalue weighted by atomic mass is 32.2. The molecular formula is C23H25N5O2S. The van der Waals surface area contributed by atoms with Gasteiger partial charge in [-0.2, -0.15) is 0 Å². The van der Waals surface area contributed by atoms with Crippen molar-refractivity contribution < 1.29 is 4.79 Å². The molecule has 2 heterocycles. The van der Waals surface area contributed by atoms with E-state index in [9.17, 15) is 9.59 Å². The highest BCUT2D eigenvalue weighted by Gasteiger charge is 2.18. The number of unbranched alkanes of at least 4 members (excludes halogenated alkanes) is 1. The van der Waals surface area contributed by atoms with Crippen LogP contribution in [0.2, 0.25) is 0 Å². The Morgan fingerprint density at radius 1 is 1.06 bits per heavy atom.